The Labute approximate surface area is 131 Å². The van der Waals surface area contributed by atoms with Crippen molar-refractivity contribution in [3.63, 3.8) is 0 Å². The number of carbonyl (C=O) groups excluding carboxylic acids is 1. The molecule has 0 aliphatic rings. The van der Waals surface area contributed by atoms with E-state index in [-0.39, 0.29) is 5.91 Å². The zero-order valence-corrected chi connectivity index (χ0v) is 13.1. The predicted molar refractivity (Wildman–Crippen MR) is 88.8 cm³/mol. The van der Waals surface area contributed by atoms with Gasteiger partial charge in [-0.2, -0.15) is 0 Å². The van der Waals surface area contributed by atoms with Crippen LogP contribution in [0, 0.1) is 6.92 Å². The second kappa shape index (κ2) is 7.50. The van der Waals surface area contributed by atoms with E-state index in [2.05, 4.69) is 24.4 Å². The number of anilines is 1. The highest BCUT2D eigenvalue weighted by Gasteiger charge is 2.05. The summed E-state index contributed by atoms with van der Waals surface area (Å²) in [7, 11) is 1.64. The predicted octanol–water partition coefficient (Wildman–Crippen LogP) is 2.83. The van der Waals surface area contributed by atoms with Gasteiger partial charge in [0.2, 0.25) is 5.91 Å². The van der Waals surface area contributed by atoms with Crippen LogP contribution in [0.4, 0.5) is 5.69 Å². The molecule has 0 saturated heterocycles. The lowest BCUT2D eigenvalue weighted by Crippen LogP contribution is -2.17. The maximum Gasteiger partial charge on any atom is 0.220 e. The van der Waals surface area contributed by atoms with Gasteiger partial charge < -0.3 is 15.8 Å². The van der Waals surface area contributed by atoms with Gasteiger partial charge in [-0.15, -0.1) is 0 Å². The summed E-state index contributed by atoms with van der Waals surface area (Å²) in [5, 5.41) is 2.61. The van der Waals surface area contributed by atoms with Crippen LogP contribution in [-0.2, 0) is 17.8 Å². The van der Waals surface area contributed by atoms with Crippen LogP contribution < -0.4 is 15.8 Å². The van der Waals surface area contributed by atoms with Crippen molar-refractivity contribution in [2.75, 3.05) is 12.8 Å². The van der Waals surface area contributed by atoms with Gasteiger partial charge in [0.1, 0.15) is 12.4 Å². The SMILES string of the molecule is CNC(=O)CCc1ccc(OCc2cccc(C)c2)c(N)c1. The Morgan fingerprint density at radius 1 is 1.18 bits per heavy atom. The van der Waals surface area contributed by atoms with Crippen LogP contribution in [0.25, 0.3) is 0 Å². The number of nitrogens with one attached hydrogen (secondary N) is 1. The largest absolute Gasteiger partial charge is 0.487 e. The molecule has 0 aliphatic carbocycles. The number of benzene rings is 2. The standard InChI is InChI=1S/C18H22N2O2/c1-13-4-3-5-15(10-13)12-22-17-8-6-14(11-16(17)19)7-9-18(21)20-2/h3-6,8,10-11H,7,9,12,19H2,1-2H3,(H,20,21). The van der Waals surface area contributed by atoms with E-state index in [1.54, 1.807) is 7.05 Å². The third-order valence-corrected chi connectivity index (χ3v) is 3.47. The molecule has 2 aromatic carbocycles. The Morgan fingerprint density at radius 2 is 2.00 bits per heavy atom. The number of nitrogen functional groups attached to an aromatic ring is 1. The van der Waals surface area contributed by atoms with Gasteiger partial charge in [-0.1, -0.05) is 35.9 Å². The van der Waals surface area contributed by atoms with Crippen LogP contribution in [0.15, 0.2) is 42.5 Å². The Morgan fingerprint density at radius 3 is 2.68 bits per heavy atom. The zero-order chi connectivity index (χ0) is 15.9. The molecule has 0 heterocycles. The van der Waals surface area contributed by atoms with Crippen LogP contribution in [0.5, 0.6) is 5.75 Å². The van der Waals surface area contributed by atoms with Gasteiger partial charge in [-0.25, -0.2) is 0 Å². The lowest BCUT2D eigenvalue weighted by atomic mass is 10.1. The molecule has 3 N–H and O–H groups in total. The minimum absolute atomic E-state index is 0.0262. The molecule has 0 aromatic heterocycles. The molecular weight excluding hydrogens is 276 g/mol. The van der Waals surface area contributed by atoms with Crippen molar-refractivity contribution in [1.29, 1.82) is 0 Å². The molecule has 1 amide bonds. The van der Waals surface area contributed by atoms with Gasteiger partial charge in [-0.05, 0) is 36.6 Å². The molecule has 4 heteroatoms. The highest BCUT2D eigenvalue weighted by molar-refractivity contribution is 5.75. The summed E-state index contributed by atoms with van der Waals surface area (Å²) in [6, 6.07) is 13.9. The van der Waals surface area contributed by atoms with Crippen molar-refractivity contribution in [2.45, 2.75) is 26.4 Å². The van der Waals surface area contributed by atoms with Crippen molar-refractivity contribution < 1.29 is 9.53 Å². The molecule has 0 spiro atoms. The van der Waals surface area contributed by atoms with Crippen molar-refractivity contribution in [2.24, 2.45) is 0 Å². The normalized spacial score (nSPS) is 10.3. The van der Waals surface area contributed by atoms with E-state index in [1.807, 2.05) is 30.3 Å². The number of amides is 1. The lowest BCUT2D eigenvalue weighted by molar-refractivity contribution is -0.120. The van der Waals surface area contributed by atoms with E-state index in [0.717, 1.165) is 11.1 Å². The number of carbonyl (C=O) groups is 1. The number of aryl methyl sites for hydroxylation is 2. The van der Waals surface area contributed by atoms with Crippen LogP contribution >= 0.6 is 0 Å². The molecule has 2 aromatic rings. The van der Waals surface area contributed by atoms with Crippen molar-refractivity contribution in [1.82, 2.24) is 5.32 Å². The Bertz CT molecular complexity index is 653. The fourth-order valence-corrected chi connectivity index (χ4v) is 2.23. The first-order valence-electron chi connectivity index (χ1n) is 7.36. The van der Waals surface area contributed by atoms with Gasteiger partial charge in [0, 0.05) is 13.5 Å². The Hall–Kier alpha value is -2.49. The number of ether oxygens (including phenoxy) is 1. The summed E-state index contributed by atoms with van der Waals surface area (Å²) >= 11 is 0. The van der Waals surface area contributed by atoms with Crippen molar-refractivity contribution in [3.05, 3.63) is 59.2 Å². The molecule has 0 saturated carbocycles. The van der Waals surface area contributed by atoms with Crippen LogP contribution in [-0.4, -0.2) is 13.0 Å². The molecule has 2 rings (SSSR count). The minimum atomic E-state index is 0.0262. The van der Waals surface area contributed by atoms with Crippen molar-refractivity contribution >= 4 is 11.6 Å². The lowest BCUT2D eigenvalue weighted by Gasteiger charge is -2.11. The van der Waals surface area contributed by atoms with E-state index in [9.17, 15) is 4.79 Å². The number of hydrogen-bond acceptors (Lipinski definition) is 3. The highest BCUT2D eigenvalue weighted by Crippen LogP contribution is 2.24. The smallest absolute Gasteiger partial charge is 0.220 e. The van der Waals surface area contributed by atoms with Gasteiger partial charge in [0.05, 0.1) is 5.69 Å². The van der Waals surface area contributed by atoms with Crippen molar-refractivity contribution in [3.8, 4) is 5.75 Å². The van der Waals surface area contributed by atoms with Gasteiger partial charge in [-0.3, -0.25) is 4.79 Å². The summed E-state index contributed by atoms with van der Waals surface area (Å²) in [4.78, 5) is 11.3. The third-order valence-electron chi connectivity index (χ3n) is 3.47. The average molecular weight is 298 g/mol. The summed E-state index contributed by atoms with van der Waals surface area (Å²) in [6.45, 7) is 2.54. The molecule has 0 atom stereocenters. The third kappa shape index (κ3) is 4.52. The van der Waals surface area contributed by atoms with E-state index in [0.29, 0.717) is 30.9 Å². The number of nitrogens with two attached hydrogens (primary N) is 1. The van der Waals surface area contributed by atoms with Crippen LogP contribution in [0.2, 0.25) is 0 Å². The maximum absolute atomic E-state index is 11.3. The maximum atomic E-state index is 11.3. The first-order valence-corrected chi connectivity index (χ1v) is 7.36. The van der Waals surface area contributed by atoms with E-state index >= 15 is 0 Å². The quantitative estimate of drug-likeness (QED) is 0.806. The Balaban J connectivity index is 1.96. The number of rotatable bonds is 6. The summed E-state index contributed by atoms with van der Waals surface area (Å²) in [5.74, 6) is 0.698. The molecule has 0 unspecified atom stereocenters. The fraction of sp³-hybridized carbons (Fsp3) is 0.278. The summed E-state index contributed by atoms with van der Waals surface area (Å²) in [5.41, 5.74) is 9.98. The minimum Gasteiger partial charge on any atom is -0.487 e. The topological polar surface area (TPSA) is 64.3 Å². The molecule has 0 radical (unpaired) electrons. The second-order valence-electron chi connectivity index (χ2n) is 5.32. The summed E-state index contributed by atoms with van der Waals surface area (Å²) < 4.78 is 5.78. The van der Waals surface area contributed by atoms with Gasteiger partial charge in [0.25, 0.3) is 0 Å². The van der Waals surface area contributed by atoms with Crippen LogP contribution in [0.1, 0.15) is 23.1 Å². The molecule has 4 nitrogen and oxygen atoms in total. The van der Waals surface area contributed by atoms with E-state index in [4.69, 9.17) is 10.5 Å². The molecule has 116 valence electrons. The Kier molecular flexibility index (Phi) is 5.42. The summed E-state index contributed by atoms with van der Waals surface area (Å²) in [6.07, 6.45) is 1.13. The van der Waals surface area contributed by atoms with Gasteiger partial charge >= 0.3 is 0 Å². The fourth-order valence-electron chi connectivity index (χ4n) is 2.23. The highest BCUT2D eigenvalue weighted by atomic mass is 16.5. The van der Waals surface area contributed by atoms with Crippen LogP contribution in [0.3, 0.4) is 0 Å². The molecule has 0 bridgehead atoms. The average Bonchev–Trinajstić information content (AvgIpc) is 2.51. The van der Waals surface area contributed by atoms with E-state index < -0.39 is 0 Å². The molecule has 0 fully saturated rings. The molecule has 0 aliphatic heterocycles. The first kappa shape index (κ1) is 15.9. The molecular formula is C18H22N2O2. The zero-order valence-electron chi connectivity index (χ0n) is 13.1. The number of hydrogen-bond donors (Lipinski definition) is 2. The van der Waals surface area contributed by atoms with E-state index in [1.165, 1.54) is 5.56 Å². The second-order valence-corrected chi connectivity index (χ2v) is 5.32. The monoisotopic (exact) mass is 298 g/mol. The van der Waals surface area contributed by atoms with Gasteiger partial charge in [0.15, 0.2) is 0 Å². The molecule has 22 heavy (non-hydrogen) atoms. The first-order chi connectivity index (χ1) is 10.6.